The highest BCUT2D eigenvalue weighted by Crippen LogP contribution is 2.28. The zero-order valence-electron chi connectivity index (χ0n) is 24.1. The van der Waals surface area contributed by atoms with E-state index < -0.39 is 23.8 Å². The number of amides is 1. The lowest BCUT2D eigenvalue weighted by molar-refractivity contribution is -0.156. The lowest BCUT2D eigenvalue weighted by Crippen LogP contribution is -2.41. The Morgan fingerprint density at radius 3 is 2.58 bits per heavy atom. The number of nitrogens with zero attached hydrogens (tertiary/aromatic N) is 1. The monoisotopic (exact) mass is 533 g/mol. The molecule has 1 fully saturated rings. The average molecular weight is 534 g/mol. The molecular weight excluding hydrogens is 486 g/mol. The third kappa shape index (κ3) is 9.93. The SMILES string of the molecule is CC(=O)O[C@H]1/C=C/[C@H](C)[C@@H](/C(C)=C/C=C/[C@@H](C)COC(=O)N2CCC[C@H]2C)OC(=O)C[C@H](C)CC[C@@]1(C)O. The molecular formula is C30H47NO7. The topological polar surface area (TPSA) is 102 Å². The molecule has 0 saturated carbocycles. The fourth-order valence-electron chi connectivity index (χ4n) is 4.84. The molecule has 8 heteroatoms. The Morgan fingerprint density at radius 1 is 1.24 bits per heavy atom. The van der Waals surface area contributed by atoms with Gasteiger partial charge in [0.05, 0.1) is 6.61 Å². The van der Waals surface area contributed by atoms with E-state index in [-0.39, 0.29) is 42.3 Å². The molecule has 0 unspecified atom stereocenters. The largest absolute Gasteiger partial charge is 0.457 e. The smallest absolute Gasteiger partial charge is 0.410 e. The second-order valence-electron chi connectivity index (χ2n) is 11.4. The van der Waals surface area contributed by atoms with Gasteiger partial charge < -0.3 is 24.2 Å². The van der Waals surface area contributed by atoms with Crippen LogP contribution in [0.2, 0.25) is 0 Å². The van der Waals surface area contributed by atoms with E-state index >= 15 is 0 Å². The fourth-order valence-corrected chi connectivity index (χ4v) is 4.84. The Balaban J connectivity index is 2.12. The minimum Gasteiger partial charge on any atom is -0.457 e. The first-order valence-corrected chi connectivity index (χ1v) is 13.9. The van der Waals surface area contributed by atoms with Crippen LogP contribution in [-0.4, -0.2) is 65.0 Å². The Morgan fingerprint density at radius 2 is 1.95 bits per heavy atom. The summed E-state index contributed by atoms with van der Waals surface area (Å²) < 4.78 is 16.8. The van der Waals surface area contributed by atoms with Crippen LogP contribution in [0.1, 0.15) is 80.6 Å². The molecule has 2 aliphatic rings. The molecule has 0 aromatic rings. The van der Waals surface area contributed by atoms with Gasteiger partial charge in [-0.25, -0.2) is 4.79 Å². The lowest BCUT2D eigenvalue weighted by Gasteiger charge is -2.32. The summed E-state index contributed by atoms with van der Waals surface area (Å²) in [5.41, 5.74) is -0.406. The molecule has 0 bridgehead atoms. The van der Waals surface area contributed by atoms with Gasteiger partial charge in [0.25, 0.3) is 0 Å². The molecule has 7 atom stereocenters. The molecule has 1 amide bonds. The van der Waals surface area contributed by atoms with Gasteiger partial charge in [-0.1, -0.05) is 45.1 Å². The van der Waals surface area contributed by atoms with Gasteiger partial charge in [-0.3, -0.25) is 9.59 Å². The number of hydrogen-bond donors (Lipinski definition) is 1. The number of allylic oxidation sites excluding steroid dienone is 2. The van der Waals surface area contributed by atoms with Crippen LogP contribution in [0.4, 0.5) is 4.79 Å². The first kappa shape index (κ1) is 31.6. The van der Waals surface area contributed by atoms with Crippen molar-refractivity contribution in [1.29, 1.82) is 0 Å². The van der Waals surface area contributed by atoms with Gasteiger partial charge in [0, 0.05) is 37.8 Å². The summed E-state index contributed by atoms with van der Waals surface area (Å²) in [6, 6.07) is 0.224. The van der Waals surface area contributed by atoms with Gasteiger partial charge in [-0.05, 0) is 64.0 Å². The number of ether oxygens (including phenoxy) is 3. The van der Waals surface area contributed by atoms with E-state index in [0.29, 0.717) is 19.4 Å². The summed E-state index contributed by atoms with van der Waals surface area (Å²) in [4.78, 5) is 38.5. The minimum atomic E-state index is -1.26. The molecule has 1 N–H and O–H groups in total. The molecule has 1 saturated heterocycles. The highest BCUT2D eigenvalue weighted by atomic mass is 16.6. The van der Waals surface area contributed by atoms with Crippen molar-refractivity contribution in [2.45, 2.75) is 104 Å². The second kappa shape index (κ2) is 14.5. The number of aliphatic hydroxyl groups is 1. The third-order valence-electron chi connectivity index (χ3n) is 7.39. The summed E-state index contributed by atoms with van der Waals surface area (Å²) in [6.45, 7) is 13.8. The highest BCUT2D eigenvalue weighted by Gasteiger charge is 2.34. The molecule has 0 radical (unpaired) electrons. The first-order valence-electron chi connectivity index (χ1n) is 13.9. The maximum absolute atomic E-state index is 12.7. The zero-order valence-corrected chi connectivity index (χ0v) is 24.1. The Kier molecular flexibility index (Phi) is 12.1. The summed E-state index contributed by atoms with van der Waals surface area (Å²) in [7, 11) is 0. The van der Waals surface area contributed by atoms with Crippen molar-refractivity contribution < 1.29 is 33.7 Å². The molecule has 38 heavy (non-hydrogen) atoms. The van der Waals surface area contributed by atoms with Crippen LogP contribution < -0.4 is 0 Å². The van der Waals surface area contributed by atoms with Gasteiger partial charge in [0.1, 0.15) is 17.8 Å². The highest BCUT2D eigenvalue weighted by molar-refractivity contribution is 5.70. The van der Waals surface area contributed by atoms with Crippen LogP contribution >= 0.6 is 0 Å². The van der Waals surface area contributed by atoms with Crippen LogP contribution in [0, 0.1) is 17.8 Å². The quantitative estimate of drug-likeness (QED) is 0.212. The van der Waals surface area contributed by atoms with E-state index in [9.17, 15) is 19.5 Å². The number of rotatable bonds is 6. The molecule has 0 aromatic carbocycles. The van der Waals surface area contributed by atoms with E-state index in [2.05, 4.69) is 0 Å². The normalized spacial score (nSPS) is 33.2. The van der Waals surface area contributed by atoms with E-state index in [0.717, 1.165) is 25.0 Å². The lowest BCUT2D eigenvalue weighted by atomic mass is 9.87. The Labute approximate surface area is 228 Å². The number of carbonyl (C=O) groups is 3. The predicted molar refractivity (Wildman–Crippen MR) is 146 cm³/mol. The van der Waals surface area contributed by atoms with E-state index in [4.69, 9.17) is 14.2 Å². The van der Waals surface area contributed by atoms with Crippen molar-refractivity contribution in [3.63, 3.8) is 0 Å². The maximum Gasteiger partial charge on any atom is 0.410 e. The fraction of sp³-hybridized carbons (Fsp3) is 0.700. The molecule has 0 aromatic heterocycles. The molecule has 0 aliphatic carbocycles. The minimum absolute atomic E-state index is 0.00241. The summed E-state index contributed by atoms with van der Waals surface area (Å²) in [5, 5.41) is 11.0. The van der Waals surface area contributed by atoms with Crippen LogP contribution in [-0.2, 0) is 23.8 Å². The molecule has 2 rings (SSSR count). The van der Waals surface area contributed by atoms with Crippen molar-refractivity contribution in [3.8, 4) is 0 Å². The third-order valence-corrected chi connectivity index (χ3v) is 7.39. The summed E-state index contributed by atoms with van der Waals surface area (Å²) in [5.74, 6) is -0.959. The number of cyclic esters (lactones) is 1. The number of carbonyl (C=O) groups excluding carboxylic acids is 3. The van der Waals surface area contributed by atoms with Gasteiger partial charge in [-0.15, -0.1) is 0 Å². The molecule has 0 spiro atoms. The molecule has 214 valence electrons. The van der Waals surface area contributed by atoms with E-state index in [1.807, 2.05) is 58.9 Å². The maximum atomic E-state index is 12.7. The van der Waals surface area contributed by atoms with Crippen molar-refractivity contribution >= 4 is 18.0 Å². The standard InChI is InChI=1S/C30H47NO7/c1-20-15-16-30(7,35)26(37-25(6)32)14-13-23(4)28(38-27(33)18-20)22(3)11-8-10-21(2)19-36-29(34)31-17-9-12-24(31)5/h8,10-11,13-14,20-21,23-24,26,28,35H,9,12,15-19H2,1-7H3/b10-8+,14-13+,22-11+/t20-,21-,23+,24-,26+,28-,30-/m1/s1. The summed E-state index contributed by atoms with van der Waals surface area (Å²) >= 11 is 0. The van der Waals surface area contributed by atoms with Gasteiger partial charge in [0.15, 0.2) is 0 Å². The molecule has 8 nitrogen and oxygen atoms in total. The average Bonchev–Trinajstić information content (AvgIpc) is 3.27. The molecule has 2 heterocycles. The van der Waals surface area contributed by atoms with Crippen LogP contribution in [0.25, 0.3) is 0 Å². The number of likely N-dealkylation sites (tertiary alicyclic amines) is 1. The van der Waals surface area contributed by atoms with E-state index in [1.54, 1.807) is 17.9 Å². The van der Waals surface area contributed by atoms with Gasteiger partial charge in [0.2, 0.25) is 0 Å². The van der Waals surface area contributed by atoms with E-state index in [1.165, 1.54) is 6.92 Å². The number of esters is 2. The van der Waals surface area contributed by atoms with Crippen molar-refractivity contribution in [3.05, 3.63) is 36.0 Å². The zero-order chi connectivity index (χ0) is 28.5. The van der Waals surface area contributed by atoms with Crippen LogP contribution in [0.3, 0.4) is 0 Å². The van der Waals surface area contributed by atoms with Crippen LogP contribution in [0.15, 0.2) is 36.0 Å². The number of hydrogen-bond acceptors (Lipinski definition) is 7. The van der Waals surface area contributed by atoms with Crippen LogP contribution in [0.5, 0.6) is 0 Å². The first-order chi connectivity index (χ1) is 17.8. The Hall–Kier alpha value is -2.61. The van der Waals surface area contributed by atoms with Crippen molar-refractivity contribution in [2.24, 2.45) is 17.8 Å². The van der Waals surface area contributed by atoms with Gasteiger partial charge >= 0.3 is 18.0 Å². The Bertz CT molecular complexity index is 906. The van der Waals surface area contributed by atoms with Crippen molar-refractivity contribution in [1.82, 2.24) is 4.90 Å². The summed E-state index contributed by atoms with van der Waals surface area (Å²) in [6.07, 6.45) is 10.9. The molecule has 2 aliphatic heterocycles. The predicted octanol–water partition coefficient (Wildman–Crippen LogP) is 5.35. The van der Waals surface area contributed by atoms with Gasteiger partial charge in [-0.2, -0.15) is 0 Å². The van der Waals surface area contributed by atoms with Crippen molar-refractivity contribution in [2.75, 3.05) is 13.2 Å². The second-order valence-corrected chi connectivity index (χ2v) is 11.4.